The van der Waals surface area contributed by atoms with Crippen LogP contribution in [0.5, 0.6) is 0 Å². The summed E-state index contributed by atoms with van der Waals surface area (Å²) in [6, 6.07) is 6.43. The molecule has 1 atom stereocenters. The van der Waals surface area contributed by atoms with E-state index in [1.165, 1.54) is 16.7 Å². The van der Waals surface area contributed by atoms with Gasteiger partial charge in [-0.3, -0.25) is 0 Å². The quantitative estimate of drug-likeness (QED) is 0.762. The summed E-state index contributed by atoms with van der Waals surface area (Å²) >= 11 is 9.70. The smallest absolute Gasteiger partial charge is 0.0549 e. The highest BCUT2D eigenvalue weighted by molar-refractivity contribution is 9.15. The molecule has 0 radical (unpaired) electrons. The van der Waals surface area contributed by atoms with Gasteiger partial charge in [-0.05, 0) is 53.6 Å². The van der Waals surface area contributed by atoms with Gasteiger partial charge in [0.1, 0.15) is 0 Å². The van der Waals surface area contributed by atoms with Crippen LogP contribution in [-0.2, 0) is 6.42 Å². The molecule has 3 heteroatoms. The molecule has 1 aromatic carbocycles. The van der Waals surface area contributed by atoms with Gasteiger partial charge in [0, 0.05) is 9.51 Å². The second-order valence-corrected chi connectivity index (χ2v) is 5.53. The third-order valence-corrected chi connectivity index (χ3v) is 4.02. The maximum Gasteiger partial charge on any atom is 0.0549 e. The lowest BCUT2D eigenvalue weighted by atomic mass is 9.98. The average Bonchev–Trinajstić information content (AvgIpc) is 2.46. The highest BCUT2D eigenvalue weighted by Crippen LogP contribution is 2.34. The average molecular weight is 309 g/mol. The first-order valence-corrected chi connectivity index (χ1v) is 6.70. The van der Waals surface area contributed by atoms with Crippen molar-refractivity contribution in [1.82, 2.24) is 5.32 Å². The molecule has 0 amide bonds. The molecule has 1 N–H and O–H groups in total. The Morgan fingerprint density at radius 1 is 1.35 bits per heavy atom. The standard InChI is InChI=1S/C14H11BrClN/c15-13-6-10-2-1-5-17-14(10)7-9-3-4-11(16)8-12(9)13/h1-6,8,14,17H,7H2. The van der Waals surface area contributed by atoms with Crippen molar-refractivity contribution < 1.29 is 0 Å². The Kier molecular flexibility index (Phi) is 2.85. The minimum absolute atomic E-state index is 0.356. The molecule has 3 rings (SSSR count). The van der Waals surface area contributed by atoms with Crippen LogP contribution in [0.2, 0.25) is 5.02 Å². The summed E-state index contributed by atoms with van der Waals surface area (Å²) in [5.74, 6) is 0. The second kappa shape index (κ2) is 4.35. The number of fused-ring (bicyclic) bond motifs is 2. The molecule has 2 aliphatic rings. The monoisotopic (exact) mass is 307 g/mol. The largest absolute Gasteiger partial charge is 0.384 e. The van der Waals surface area contributed by atoms with Crippen LogP contribution in [0, 0.1) is 0 Å². The molecule has 1 aliphatic heterocycles. The van der Waals surface area contributed by atoms with E-state index >= 15 is 0 Å². The van der Waals surface area contributed by atoms with E-state index in [-0.39, 0.29) is 0 Å². The second-order valence-electron chi connectivity index (χ2n) is 4.24. The van der Waals surface area contributed by atoms with Crippen molar-refractivity contribution in [3.63, 3.8) is 0 Å². The Morgan fingerprint density at radius 3 is 3.12 bits per heavy atom. The minimum Gasteiger partial charge on any atom is -0.384 e. The van der Waals surface area contributed by atoms with Gasteiger partial charge in [0.05, 0.1) is 6.04 Å². The summed E-state index contributed by atoms with van der Waals surface area (Å²) in [6.07, 6.45) is 9.33. The first-order chi connectivity index (χ1) is 8.24. The Bertz CT molecular complexity index is 557. The third kappa shape index (κ3) is 2.07. The lowest BCUT2D eigenvalue weighted by Gasteiger charge is -2.20. The zero-order valence-electron chi connectivity index (χ0n) is 9.08. The van der Waals surface area contributed by atoms with E-state index in [0.29, 0.717) is 6.04 Å². The summed E-state index contributed by atoms with van der Waals surface area (Å²) in [5, 5.41) is 4.17. The fraction of sp³-hybridized carbons (Fsp3) is 0.143. The topological polar surface area (TPSA) is 12.0 Å². The molecule has 86 valence electrons. The lowest BCUT2D eigenvalue weighted by molar-refractivity contribution is 0.668. The van der Waals surface area contributed by atoms with E-state index in [1.54, 1.807) is 0 Å². The molecule has 1 aromatic rings. The van der Waals surface area contributed by atoms with Crippen LogP contribution in [-0.4, -0.2) is 6.04 Å². The predicted octanol–water partition coefficient (Wildman–Crippen LogP) is 4.04. The van der Waals surface area contributed by atoms with Crippen molar-refractivity contribution in [2.75, 3.05) is 0 Å². The van der Waals surface area contributed by atoms with Crippen LogP contribution in [0.25, 0.3) is 4.48 Å². The summed E-state index contributed by atoms with van der Waals surface area (Å²) in [6.45, 7) is 0. The van der Waals surface area contributed by atoms with Gasteiger partial charge in [-0.15, -0.1) is 0 Å². The fourth-order valence-electron chi connectivity index (χ4n) is 2.26. The van der Waals surface area contributed by atoms with E-state index in [0.717, 1.165) is 15.9 Å². The number of hydrogen-bond donors (Lipinski definition) is 1. The number of hydrogen-bond acceptors (Lipinski definition) is 1. The molecular weight excluding hydrogens is 298 g/mol. The Balaban J connectivity index is 2.13. The lowest BCUT2D eigenvalue weighted by Crippen LogP contribution is -2.29. The summed E-state index contributed by atoms with van der Waals surface area (Å²) in [5.41, 5.74) is 3.80. The van der Waals surface area contributed by atoms with Gasteiger partial charge in [-0.1, -0.05) is 39.7 Å². The van der Waals surface area contributed by atoms with E-state index in [9.17, 15) is 0 Å². The summed E-state index contributed by atoms with van der Waals surface area (Å²) < 4.78 is 1.10. The van der Waals surface area contributed by atoms with Crippen molar-refractivity contribution >= 4 is 32.0 Å². The van der Waals surface area contributed by atoms with Crippen LogP contribution < -0.4 is 5.32 Å². The van der Waals surface area contributed by atoms with Gasteiger partial charge in [0.2, 0.25) is 0 Å². The van der Waals surface area contributed by atoms with Crippen LogP contribution in [0.4, 0.5) is 0 Å². The molecule has 0 aromatic heterocycles. The number of dihydropyridines is 1. The molecule has 0 saturated carbocycles. The maximum absolute atomic E-state index is 6.06. The SMILES string of the molecule is Clc1ccc2c(c1)C(Br)=CC1=CC=CNC1C2. The fourth-order valence-corrected chi connectivity index (χ4v) is 3.07. The van der Waals surface area contributed by atoms with Gasteiger partial charge in [-0.25, -0.2) is 0 Å². The van der Waals surface area contributed by atoms with Crippen molar-refractivity contribution in [3.05, 3.63) is 64.3 Å². The third-order valence-electron chi connectivity index (χ3n) is 3.13. The van der Waals surface area contributed by atoms with Crippen molar-refractivity contribution in [3.8, 4) is 0 Å². The van der Waals surface area contributed by atoms with Crippen LogP contribution in [0.1, 0.15) is 11.1 Å². The zero-order valence-corrected chi connectivity index (χ0v) is 11.4. The highest BCUT2D eigenvalue weighted by atomic mass is 79.9. The van der Waals surface area contributed by atoms with Gasteiger partial charge >= 0.3 is 0 Å². The Hall–Kier alpha value is -0.990. The molecule has 0 bridgehead atoms. The van der Waals surface area contributed by atoms with Gasteiger partial charge in [-0.2, -0.15) is 0 Å². The minimum atomic E-state index is 0.356. The molecule has 1 unspecified atom stereocenters. The molecule has 0 spiro atoms. The number of allylic oxidation sites excluding steroid dienone is 2. The van der Waals surface area contributed by atoms with E-state index in [1.807, 2.05) is 24.4 Å². The predicted molar refractivity (Wildman–Crippen MR) is 76.2 cm³/mol. The Morgan fingerprint density at radius 2 is 2.24 bits per heavy atom. The number of benzene rings is 1. The molecule has 1 nitrogen and oxygen atoms in total. The normalized spacial score (nSPS) is 21.6. The van der Waals surface area contributed by atoms with Crippen molar-refractivity contribution in [2.45, 2.75) is 12.5 Å². The van der Waals surface area contributed by atoms with Gasteiger partial charge < -0.3 is 5.32 Å². The van der Waals surface area contributed by atoms with Crippen molar-refractivity contribution in [2.24, 2.45) is 0 Å². The molecule has 0 fully saturated rings. The number of halogens is 2. The van der Waals surface area contributed by atoms with Gasteiger partial charge in [0.15, 0.2) is 0 Å². The molecule has 17 heavy (non-hydrogen) atoms. The Labute approximate surface area is 114 Å². The van der Waals surface area contributed by atoms with E-state index < -0.39 is 0 Å². The van der Waals surface area contributed by atoms with Gasteiger partial charge in [0.25, 0.3) is 0 Å². The number of rotatable bonds is 0. The van der Waals surface area contributed by atoms with Crippen molar-refractivity contribution in [1.29, 1.82) is 0 Å². The summed E-state index contributed by atoms with van der Waals surface area (Å²) in [4.78, 5) is 0. The summed E-state index contributed by atoms with van der Waals surface area (Å²) in [7, 11) is 0. The molecular formula is C14H11BrClN. The van der Waals surface area contributed by atoms with E-state index in [2.05, 4.69) is 39.5 Å². The van der Waals surface area contributed by atoms with Crippen LogP contribution >= 0.6 is 27.5 Å². The highest BCUT2D eigenvalue weighted by Gasteiger charge is 2.20. The van der Waals surface area contributed by atoms with Crippen LogP contribution in [0.3, 0.4) is 0 Å². The zero-order chi connectivity index (χ0) is 11.8. The first kappa shape index (κ1) is 11.1. The molecule has 1 heterocycles. The molecule has 0 saturated heterocycles. The van der Waals surface area contributed by atoms with Crippen LogP contribution in [0.15, 0.2) is 48.2 Å². The first-order valence-electron chi connectivity index (χ1n) is 5.53. The van der Waals surface area contributed by atoms with E-state index in [4.69, 9.17) is 11.6 Å². The number of nitrogens with one attached hydrogen (secondary N) is 1. The maximum atomic E-state index is 6.06. The molecule has 1 aliphatic carbocycles.